The van der Waals surface area contributed by atoms with E-state index in [1.807, 2.05) is 19.1 Å². The SMILES string of the molecule is CCc1cc(C=O)c(OC)c(OC)c1. The first-order valence-electron chi connectivity index (χ1n) is 4.46. The minimum Gasteiger partial charge on any atom is -0.493 e. The third kappa shape index (κ3) is 1.87. The second kappa shape index (κ2) is 4.65. The second-order valence-electron chi connectivity index (χ2n) is 2.89. The van der Waals surface area contributed by atoms with E-state index in [9.17, 15) is 4.79 Å². The van der Waals surface area contributed by atoms with Crippen LogP contribution in [0.1, 0.15) is 22.8 Å². The molecule has 1 aromatic rings. The van der Waals surface area contributed by atoms with Crippen molar-refractivity contribution >= 4 is 6.29 Å². The van der Waals surface area contributed by atoms with Crippen LogP contribution in [0.15, 0.2) is 12.1 Å². The summed E-state index contributed by atoms with van der Waals surface area (Å²) in [6.07, 6.45) is 1.64. The molecule has 0 aliphatic carbocycles. The Bertz CT molecular complexity index is 332. The maximum absolute atomic E-state index is 10.8. The summed E-state index contributed by atoms with van der Waals surface area (Å²) >= 11 is 0. The molecule has 0 aliphatic rings. The lowest BCUT2D eigenvalue weighted by Gasteiger charge is -2.11. The summed E-state index contributed by atoms with van der Waals surface area (Å²) in [6, 6.07) is 3.69. The Morgan fingerprint density at radius 1 is 1.29 bits per heavy atom. The quantitative estimate of drug-likeness (QED) is 0.688. The van der Waals surface area contributed by atoms with E-state index in [1.54, 1.807) is 7.11 Å². The molecule has 0 N–H and O–H groups in total. The number of aryl methyl sites for hydroxylation is 1. The van der Waals surface area contributed by atoms with Crippen molar-refractivity contribution in [2.75, 3.05) is 14.2 Å². The van der Waals surface area contributed by atoms with E-state index in [2.05, 4.69) is 0 Å². The predicted molar refractivity (Wildman–Crippen MR) is 54.3 cm³/mol. The summed E-state index contributed by atoms with van der Waals surface area (Å²) in [5.41, 5.74) is 1.59. The van der Waals surface area contributed by atoms with Crippen LogP contribution in [0, 0.1) is 0 Å². The van der Waals surface area contributed by atoms with Gasteiger partial charge in [-0.15, -0.1) is 0 Å². The Balaban J connectivity index is 3.31. The van der Waals surface area contributed by atoms with Crippen LogP contribution in [-0.4, -0.2) is 20.5 Å². The van der Waals surface area contributed by atoms with Crippen molar-refractivity contribution in [2.45, 2.75) is 13.3 Å². The highest BCUT2D eigenvalue weighted by Crippen LogP contribution is 2.31. The lowest BCUT2D eigenvalue weighted by Crippen LogP contribution is -1.97. The van der Waals surface area contributed by atoms with Gasteiger partial charge in [-0.1, -0.05) is 6.92 Å². The van der Waals surface area contributed by atoms with Gasteiger partial charge in [0.2, 0.25) is 0 Å². The van der Waals surface area contributed by atoms with E-state index in [-0.39, 0.29) is 0 Å². The van der Waals surface area contributed by atoms with Crippen LogP contribution in [0.2, 0.25) is 0 Å². The molecule has 1 rings (SSSR count). The minimum absolute atomic E-state index is 0.500. The average Bonchev–Trinajstić information content (AvgIpc) is 2.26. The molecular formula is C11H14O3. The van der Waals surface area contributed by atoms with E-state index in [1.165, 1.54) is 7.11 Å². The van der Waals surface area contributed by atoms with Gasteiger partial charge < -0.3 is 9.47 Å². The topological polar surface area (TPSA) is 35.5 Å². The molecule has 0 atom stereocenters. The monoisotopic (exact) mass is 194 g/mol. The summed E-state index contributed by atoms with van der Waals surface area (Å²) in [7, 11) is 3.09. The largest absolute Gasteiger partial charge is 0.493 e. The number of hydrogen-bond acceptors (Lipinski definition) is 3. The highest BCUT2D eigenvalue weighted by Gasteiger charge is 2.10. The van der Waals surface area contributed by atoms with Crippen molar-refractivity contribution in [2.24, 2.45) is 0 Å². The van der Waals surface area contributed by atoms with Crippen LogP contribution in [0.4, 0.5) is 0 Å². The number of hydrogen-bond donors (Lipinski definition) is 0. The van der Waals surface area contributed by atoms with Crippen molar-refractivity contribution < 1.29 is 14.3 Å². The van der Waals surface area contributed by atoms with Gasteiger partial charge in [-0.05, 0) is 24.1 Å². The highest BCUT2D eigenvalue weighted by atomic mass is 16.5. The average molecular weight is 194 g/mol. The zero-order valence-electron chi connectivity index (χ0n) is 8.66. The van der Waals surface area contributed by atoms with Crippen LogP contribution in [0.5, 0.6) is 11.5 Å². The maximum Gasteiger partial charge on any atom is 0.171 e. The summed E-state index contributed by atoms with van der Waals surface area (Å²) in [5, 5.41) is 0. The molecule has 76 valence electrons. The molecule has 0 aliphatic heterocycles. The molecule has 0 spiro atoms. The number of methoxy groups -OCH3 is 2. The summed E-state index contributed by atoms with van der Waals surface area (Å²) in [6.45, 7) is 2.02. The standard InChI is InChI=1S/C11H14O3/c1-4-8-5-9(7-12)11(14-3)10(6-8)13-2/h5-7H,4H2,1-3H3. The number of carbonyl (C=O) groups excluding carboxylic acids is 1. The fraction of sp³-hybridized carbons (Fsp3) is 0.364. The number of rotatable bonds is 4. The summed E-state index contributed by atoms with van der Waals surface area (Å²) < 4.78 is 10.2. The fourth-order valence-electron chi connectivity index (χ4n) is 1.34. The van der Waals surface area contributed by atoms with Gasteiger partial charge in [-0.25, -0.2) is 0 Å². The van der Waals surface area contributed by atoms with Gasteiger partial charge >= 0.3 is 0 Å². The van der Waals surface area contributed by atoms with Gasteiger partial charge in [-0.2, -0.15) is 0 Å². The normalized spacial score (nSPS) is 9.64. The molecule has 0 saturated carbocycles. The van der Waals surface area contributed by atoms with Gasteiger partial charge in [0.05, 0.1) is 19.8 Å². The third-order valence-corrected chi connectivity index (χ3v) is 2.10. The van der Waals surface area contributed by atoms with Gasteiger partial charge in [0.25, 0.3) is 0 Å². The van der Waals surface area contributed by atoms with Crippen molar-refractivity contribution in [3.8, 4) is 11.5 Å². The van der Waals surface area contributed by atoms with E-state index < -0.39 is 0 Å². The van der Waals surface area contributed by atoms with Crippen LogP contribution >= 0.6 is 0 Å². The number of carbonyl (C=O) groups is 1. The minimum atomic E-state index is 0.500. The first-order chi connectivity index (χ1) is 6.76. The Morgan fingerprint density at radius 2 is 2.00 bits per heavy atom. The van der Waals surface area contributed by atoms with E-state index >= 15 is 0 Å². The third-order valence-electron chi connectivity index (χ3n) is 2.10. The Morgan fingerprint density at radius 3 is 2.43 bits per heavy atom. The number of aldehydes is 1. The molecule has 14 heavy (non-hydrogen) atoms. The zero-order chi connectivity index (χ0) is 10.6. The first-order valence-corrected chi connectivity index (χ1v) is 4.46. The van der Waals surface area contributed by atoms with Crippen LogP contribution in [-0.2, 0) is 6.42 Å². The van der Waals surface area contributed by atoms with E-state index in [4.69, 9.17) is 9.47 Å². The van der Waals surface area contributed by atoms with Crippen molar-refractivity contribution in [1.82, 2.24) is 0 Å². The molecule has 0 unspecified atom stereocenters. The fourth-order valence-corrected chi connectivity index (χ4v) is 1.34. The molecular weight excluding hydrogens is 180 g/mol. The van der Waals surface area contributed by atoms with Crippen molar-refractivity contribution in [3.05, 3.63) is 23.3 Å². The molecule has 0 saturated heterocycles. The van der Waals surface area contributed by atoms with Crippen LogP contribution in [0.25, 0.3) is 0 Å². The second-order valence-corrected chi connectivity index (χ2v) is 2.89. The summed E-state index contributed by atoms with van der Waals surface area (Å²) in [4.78, 5) is 10.8. The van der Waals surface area contributed by atoms with Gasteiger partial charge in [0.15, 0.2) is 17.8 Å². The van der Waals surface area contributed by atoms with Gasteiger partial charge in [0, 0.05) is 0 Å². The van der Waals surface area contributed by atoms with E-state index in [0.29, 0.717) is 17.1 Å². The van der Waals surface area contributed by atoms with Gasteiger partial charge in [-0.3, -0.25) is 4.79 Å². The van der Waals surface area contributed by atoms with Crippen molar-refractivity contribution in [3.63, 3.8) is 0 Å². The van der Waals surface area contributed by atoms with Crippen molar-refractivity contribution in [1.29, 1.82) is 0 Å². The molecule has 0 aromatic heterocycles. The molecule has 3 nitrogen and oxygen atoms in total. The van der Waals surface area contributed by atoms with Crippen LogP contribution in [0.3, 0.4) is 0 Å². The zero-order valence-corrected chi connectivity index (χ0v) is 8.66. The molecule has 0 heterocycles. The maximum atomic E-state index is 10.8. The lowest BCUT2D eigenvalue weighted by atomic mass is 10.1. The molecule has 0 bridgehead atoms. The smallest absolute Gasteiger partial charge is 0.171 e. The Kier molecular flexibility index (Phi) is 3.51. The number of benzene rings is 1. The molecule has 0 fully saturated rings. The van der Waals surface area contributed by atoms with E-state index in [0.717, 1.165) is 18.3 Å². The Labute approximate surface area is 83.6 Å². The number of ether oxygens (including phenoxy) is 2. The highest BCUT2D eigenvalue weighted by molar-refractivity contribution is 5.81. The molecule has 0 amide bonds. The Hall–Kier alpha value is -1.51. The lowest BCUT2D eigenvalue weighted by molar-refractivity contribution is 0.112. The molecule has 0 radical (unpaired) electrons. The molecule has 1 aromatic carbocycles. The summed E-state index contributed by atoms with van der Waals surface area (Å²) in [5.74, 6) is 1.11. The van der Waals surface area contributed by atoms with Crippen LogP contribution < -0.4 is 9.47 Å². The molecule has 3 heteroatoms. The van der Waals surface area contributed by atoms with Gasteiger partial charge in [0.1, 0.15) is 0 Å². The first kappa shape index (κ1) is 10.6. The predicted octanol–water partition coefficient (Wildman–Crippen LogP) is 2.08.